The first-order valence-electron chi connectivity index (χ1n) is 30.5. The molecular weight excluding hydrogens is 811 g/mol. The summed E-state index contributed by atoms with van der Waals surface area (Å²) in [4.78, 5) is 12.6. The van der Waals surface area contributed by atoms with Gasteiger partial charge >= 0.3 is 0 Å². The summed E-state index contributed by atoms with van der Waals surface area (Å²) in [7, 11) is 0. The summed E-state index contributed by atoms with van der Waals surface area (Å²) in [6.07, 6.45) is 71.8. The van der Waals surface area contributed by atoms with E-state index in [9.17, 15) is 20.1 Å². The molecule has 0 rings (SSSR count). The van der Waals surface area contributed by atoms with Crippen LogP contribution in [-0.4, -0.2) is 46.1 Å². The van der Waals surface area contributed by atoms with Crippen LogP contribution in [0.25, 0.3) is 0 Å². The number of carbonyl (C=O) groups excluding carboxylic acids is 1. The summed E-state index contributed by atoms with van der Waals surface area (Å²) in [5.41, 5.74) is 0. The largest absolute Gasteiger partial charge is 0.394 e. The first kappa shape index (κ1) is 65.1. The Bertz CT molecular complexity index is 940. The molecule has 0 radical (unpaired) electrons. The van der Waals surface area contributed by atoms with Crippen LogP contribution in [0.4, 0.5) is 0 Å². The van der Waals surface area contributed by atoms with Gasteiger partial charge in [0.25, 0.3) is 0 Å². The van der Waals surface area contributed by atoms with Crippen molar-refractivity contribution in [3.8, 4) is 0 Å². The second-order valence-corrected chi connectivity index (χ2v) is 21.3. The topological polar surface area (TPSA) is 89.8 Å². The Kier molecular flexibility index (Phi) is 55.9. The average molecular weight is 933 g/mol. The molecular formula is C61H121NO4. The number of aliphatic hydroxyl groups is 3. The van der Waals surface area contributed by atoms with Gasteiger partial charge in [0.05, 0.1) is 18.8 Å². The number of hydrogen-bond donors (Lipinski definition) is 4. The molecule has 0 bridgehead atoms. The molecule has 0 aliphatic rings. The minimum atomic E-state index is -1.09. The zero-order chi connectivity index (χ0) is 47.9. The van der Waals surface area contributed by atoms with Crippen molar-refractivity contribution in [2.75, 3.05) is 6.61 Å². The van der Waals surface area contributed by atoms with Gasteiger partial charge in [-0.25, -0.2) is 0 Å². The maximum absolute atomic E-state index is 12.6. The standard InChI is InChI=1S/C61H121NO4/c1-3-5-7-9-11-13-15-17-19-21-23-24-25-26-27-28-29-30-31-32-33-34-35-36-37-38-40-42-44-46-48-50-52-54-56-60(65)61(66)62-58(57-63)59(64)55-53-51-49-47-45-43-41-39-22-20-18-16-14-12-10-8-6-4-2/h53,55,58-60,63-65H,3-52,54,56-57H2,1-2H3,(H,62,66)/b55-53+. The van der Waals surface area contributed by atoms with E-state index in [0.29, 0.717) is 6.42 Å². The molecule has 0 saturated carbocycles. The van der Waals surface area contributed by atoms with Crippen molar-refractivity contribution >= 4 is 5.91 Å². The summed E-state index contributed by atoms with van der Waals surface area (Å²) < 4.78 is 0. The first-order chi connectivity index (χ1) is 32.6. The molecule has 0 heterocycles. The van der Waals surface area contributed by atoms with E-state index in [1.54, 1.807) is 6.08 Å². The van der Waals surface area contributed by atoms with Gasteiger partial charge in [-0.2, -0.15) is 0 Å². The number of amides is 1. The van der Waals surface area contributed by atoms with E-state index < -0.39 is 24.2 Å². The predicted molar refractivity (Wildman–Crippen MR) is 292 cm³/mol. The van der Waals surface area contributed by atoms with Crippen LogP contribution in [0.5, 0.6) is 0 Å². The molecule has 0 fully saturated rings. The number of hydrogen-bond acceptors (Lipinski definition) is 4. The molecule has 0 spiro atoms. The van der Waals surface area contributed by atoms with Crippen LogP contribution in [0.1, 0.15) is 348 Å². The number of carbonyl (C=O) groups is 1. The molecule has 0 aromatic rings. The molecule has 0 aliphatic carbocycles. The molecule has 0 aliphatic heterocycles. The minimum absolute atomic E-state index is 0.358. The molecule has 4 N–H and O–H groups in total. The summed E-state index contributed by atoms with van der Waals surface area (Å²) in [6.45, 7) is 4.23. The van der Waals surface area contributed by atoms with Crippen LogP contribution in [0.15, 0.2) is 12.2 Å². The van der Waals surface area contributed by atoms with Crippen molar-refractivity contribution < 1.29 is 20.1 Å². The second-order valence-electron chi connectivity index (χ2n) is 21.3. The van der Waals surface area contributed by atoms with Crippen LogP contribution in [-0.2, 0) is 4.79 Å². The van der Waals surface area contributed by atoms with E-state index in [1.807, 2.05) is 6.08 Å². The molecule has 5 nitrogen and oxygen atoms in total. The van der Waals surface area contributed by atoms with Gasteiger partial charge < -0.3 is 20.6 Å². The number of aliphatic hydroxyl groups excluding tert-OH is 3. The van der Waals surface area contributed by atoms with E-state index in [2.05, 4.69) is 19.2 Å². The highest BCUT2D eigenvalue weighted by Crippen LogP contribution is 2.19. The van der Waals surface area contributed by atoms with E-state index in [0.717, 1.165) is 32.1 Å². The monoisotopic (exact) mass is 932 g/mol. The van der Waals surface area contributed by atoms with E-state index in [-0.39, 0.29) is 6.61 Å². The third-order valence-electron chi connectivity index (χ3n) is 14.6. The van der Waals surface area contributed by atoms with Crippen molar-refractivity contribution in [3.63, 3.8) is 0 Å². The second kappa shape index (κ2) is 56.7. The molecule has 394 valence electrons. The van der Waals surface area contributed by atoms with Crippen LogP contribution in [0.3, 0.4) is 0 Å². The minimum Gasteiger partial charge on any atom is -0.394 e. The zero-order valence-corrected chi connectivity index (χ0v) is 45.1. The summed E-state index contributed by atoms with van der Waals surface area (Å²) in [5.74, 6) is -0.495. The third-order valence-corrected chi connectivity index (χ3v) is 14.6. The summed E-state index contributed by atoms with van der Waals surface area (Å²) in [6, 6.07) is -0.794. The van der Waals surface area contributed by atoms with E-state index >= 15 is 0 Å². The smallest absolute Gasteiger partial charge is 0.249 e. The number of nitrogens with one attached hydrogen (secondary N) is 1. The van der Waals surface area contributed by atoms with Gasteiger partial charge in [-0.15, -0.1) is 0 Å². The molecule has 3 atom stereocenters. The maximum atomic E-state index is 12.6. The quantitative estimate of drug-likeness (QED) is 0.0361. The fraction of sp³-hybridized carbons (Fsp3) is 0.951. The van der Waals surface area contributed by atoms with Gasteiger partial charge in [-0.1, -0.05) is 341 Å². The fourth-order valence-corrected chi connectivity index (χ4v) is 9.90. The Labute approximate surface area is 414 Å². The van der Waals surface area contributed by atoms with Crippen molar-refractivity contribution in [1.29, 1.82) is 0 Å². The molecule has 66 heavy (non-hydrogen) atoms. The highest BCUT2D eigenvalue weighted by atomic mass is 16.3. The van der Waals surface area contributed by atoms with Gasteiger partial charge in [-0.3, -0.25) is 4.79 Å². The van der Waals surface area contributed by atoms with Crippen molar-refractivity contribution in [2.45, 2.75) is 366 Å². The average Bonchev–Trinajstić information content (AvgIpc) is 3.32. The molecule has 0 aromatic heterocycles. The van der Waals surface area contributed by atoms with Gasteiger partial charge in [0.1, 0.15) is 6.10 Å². The lowest BCUT2D eigenvalue weighted by Crippen LogP contribution is -2.48. The lowest BCUT2D eigenvalue weighted by Gasteiger charge is -2.21. The molecule has 3 unspecified atom stereocenters. The van der Waals surface area contributed by atoms with Crippen molar-refractivity contribution in [3.05, 3.63) is 12.2 Å². The van der Waals surface area contributed by atoms with Gasteiger partial charge in [0.2, 0.25) is 5.91 Å². The number of unbranched alkanes of at least 4 members (excludes halogenated alkanes) is 49. The van der Waals surface area contributed by atoms with Gasteiger partial charge in [-0.05, 0) is 19.3 Å². The Balaban J connectivity index is 3.46. The highest BCUT2D eigenvalue weighted by Gasteiger charge is 2.22. The Morgan fingerprint density at radius 1 is 0.364 bits per heavy atom. The molecule has 5 heteroatoms. The molecule has 0 aromatic carbocycles. The zero-order valence-electron chi connectivity index (χ0n) is 45.1. The Morgan fingerprint density at radius 3 is 0.833 bits per heavy atom. The molecule has 1 amide bonds. The van der Waals surface area contributed by atoms with Crippen molar-refractivity contribution in [2.24, 2.45) is 0 Å². The lowest BCUT2D eigenvalue weighted by atomic mass is 10.0. The normalized spacial score (nSPS) is 13.2. The van der Waals surface area contributed by atoms with Gasteiger partial charge in [0, 0.05) is 0 Å². The first-order valence-corrected chi connectivity index (χ1v) is 30.5. The molecule has 0 saturated heterocycles. The Morgan fingerprint density at radius 2 is 0.591 bits per heavy atom. The van der Waals surface area contributed by atoms with Crippen LogP contribution in [0.2, 0.25) is 0 Å². The third kappa shape index (κ3) is 51.0. The number of rotatable bonds is 57. The van der Waals surface area contributed by atoms with Gasteiger partial charge in [0.15, 0.2) is 0 Å². The van der Waals surface area contributed by atoms with Crippen LogP contribution >= 0.6 is 0 Å². The fourth-order valence-electron chi connectivity index (χ4n) is 9.90. The summed E-state index contributed by atoms with van der Waals surface area (Å²) in [5, 5.41) is 33.4. The predicted octanol–water partition coefficient (Wildman–Crippen LogP) is 19.1. The van der Waals surface area contributed by atoms with Crippen LogP contribution in [0, 0.1) is 0 Å². The summed E-state index contributed by atoms with van der Waals surface area (Å²) >= 11 is 0. The SMILES string of the molecule is CCCCCCCCCCCCCCCCCC/C=C/C(O)C(CO)NC(=O)C(O)CCCCCCCCCCCCCCCCCCCCCCCCCCCCCCCCCCCC. The van der Waals surface area contributed by atoms with E-state index in [1.165, 1.54) is 295 Å². The maximum Gasteiger partial charge on any atom is 0.249 e. The van der Waals surface area contributed by atoms with Crippen molar-refractivity contribution in [1.82, 2.24) is 5.32 Å². The Hall–Kier alpha value is -0.910. The van der Waals surface area contributed by atoms with Crippen LogP contribution < -0.4 is 5.32 Å². The highest BCUT2D eigenvalue weighted by molar-refractivity contribution is 5.80. The van der Waals surface area contributed by atoms with E-state index in [4.69, 9.17) is 0 Å². The number of allylic oxidation sites excluding steroid dienone is 1. The lowest BCUT2D eigenvalue weighted by molar-refractivity contribution is -0.131.